The number of hydrogen-bond donors (Lipinski definition) is 2. The molecule has 0 saturated heterocycles. The maximum atomic E-state index is 8.91. The van der Waals surface area contributed by atoms with E-state index in [9.17, 15) is 0 Å². The molecule has 0 radical (unpaired) electrons. The van der Waals surface area contributed by atoms with Crippen molar-refractivity contribution in [3.05, 3.63) is 17.5 Å². The molecule has 0 saturated carbocycles. The van der Waals surface area contributed by atoms with Crippen molar-refractivity contribution in [2.45, 2.75) is 32.8 Å². The third-order valence-corrected chi connectivity index (χ3v) is 1.64. The number of hydrogen-bond acceptors (Lipinski definition) is 2. The number of aromatic nitrogens is 2. The van der Waals surface area contributed by atoms with Gasteiger partial charge in [0.2, 0.25) is 0 Å². The zero-order valence-electron chi connectivity index (χ0n) is 7.18. The maximum absolute atomic E-state index is 8.91. The van der Waals surface area contributed by atoms with Gasteiger partial charge in [-0.2, -0.15) is 5.10 Å². The van der Waals surface area contributed by atoms with Gasteiger partial charge in [0.15, 0.2) is 0 Å². The van der Waals surface area contributed by atoms with Crippen molar-refractivity contribution in [2.24, 2.45) is 0 Å². The highest BCUT2D eigenvalue weighted by Gasteiger charge is 2.18. The van der Waals surface area contributed by atoms with Crippen LogP contribution in [0.5, 0.6) is 0 Å². The van der Waals surface area contributed by atoms with E-state index in [0.717, 1.165) is 11.3 Å². The van der Waals surface area contributed by atoms with Crippen LogP contribution in [0.1, 0.15) is 32.0 Å². The van der Waals surface area contributed by atoms with Crippen LogP contribution in [0, 0.1) is 0 Å². The molecule has 1 rings (SSSR count). The first kappa shape index (κ1) is 8.27. The number of nitrogens with one attached hydrogen (secondary N) is 1. The minimum Gasteiger partial charge on any atom is -0.392 e. The minimum absolute atomic E-state index is 0.0363. The van der Waals surface area contributed by atoms with E-state index in [0.29, 0.717) is 0 Å². The van der Waals surface area contributed by atoms with Crippen molar-refractivity contribution < 1.29 is 5.11 Å². The zero-order valence-corrected chi connectivity index (χ0v) is 7.18. The Kier molecular flexibility index (Phi) is 2.00. The smallest absolute Gasteiger partial charge is 0.0715 e. The molecule has 0 fully saturated rings. The summed E-state index contributed by atoms with van der Waals surface area (Å²) in [4.78, 5) is 0. The van der Waals surface area contributed by atoms with Gasteiger partial charge in [-0.15, -0.1) is 0 Å². The average molecular weight is 154 g/mol. The van der Waals surface area contributed by atoms with Gasteiger partial charge >= 0.3 is 0 Å². The minimum atomic E-state index is 0.0363. The first-order valence-electron chi connectivity index (χ1n) is 3.69. The van der Waals surface area contributed by atoms with E-state index in [1.807, 2.05) is 0 Å². The van der Waals surface area contributed by atoms with Gasteiger partial charge < -0.3 is 5.11 Å². The summed E-state index contributed by atoms with van der Waals surface area (Å²) in [7, 11) is 0. The number of aliphatic hydroxyl groups is 1. The molecule has 0 aliphatic carbocycles. The van der Waals surface area contributed by atoms with E-state index >= 15 is 0 Å². The molecule has 0 spiro atoms. The first-order valence-corrected chi connectivity index (χ1v) is 3.69. The number of aromatic amines is 1. The van der Waals surface area contributed by atoms with Crippen molar-refractivity contribution in [3.63, 3.8) is 0 Å². The Bertz CT molecular complexity index is 234. The standard InChI is InChI=1S/C8H14N2O/c1-8(2,3)7-6(5-11)4-9-10-7/h4,11H,5H2,1-3H3,(H,9,10). The second-order valence-electron chi connectivity index (χ2n) is 3.68. The SMILES string of the molecule is CC(C)(C)c1[nH]ncc1CO. The predicted octanol–water partition coefficient (Wildman–Crippen LogP) is 1.20. The Morgan fingerprint density at radius 3 is 2.55 bits per heavy atom. The Hall–Kier alpha value is -0.830. The molecule has 0 atom stereocenters. The molecular weight excluding hydrogens is 140 g/mol. The van der Waals surface area contributed by atoms with Crippen LogP contribution in [0.2, 0.25) is 0 Å². The van der Waals surface area contributed by atoms with Crippen LogP contribution in [-0.2, 0) is 12.0 Å². The van der Waals surface area contributed by atoms with Gasteiger partial charge in [0, 0.05) is 16.7 Å². The Morgan fingerprint density at radius 2 is 2.18 bits per heavy atom. The largest absolute Gasteiger partial charge is 0.392 e. The normalized spacial score (nSPS) is 12.0. The summed E-state index contributed by atoms with van der Waals surface area (Å²) in [6.45, 7) is 6.31. The van der Waals surface area contributed by atoms with Crippen molar-refractivity contribution in [3.8, 4) is 0 Å². The number of aliphatic hydroxyl groups excluding tert-OH is 1. The van der Waals surface area contributed by atoms with Gasteiger partial charge in [0.25, 0.3) is 0 Å². The lowest BCUT2D eigenvalue weighted by Crippen LogP contribution is -2.14. The van der Waals surface area contributed by atoms with Crippen molar-refractivity contribution in [1.82, 2.24) is 10.2 Å². The molecule has 0 unspecified atom stereocenters. The average Bonchev–Trinajstić information content (AvgIpc) is 2.31. The molecule has 0 aliphatic rings. The maximum Gasteiger partial charge on any atom is 0.0715 e. The van der Waals surface area contributed by atoms with Crippen molar-refractivity contribution in [2.75, 3.05) is 0 Å². The highest BCUT2D eigenvalue weighted by Crippen LogP contribution is 2.22. The summed E-state index contributed by atoms with van der Waals surface area (Å²) < 4.78 is 0. The summed E-state index contributed by atoms with van der Waals surface area (Å²) in [6, 6.07) is 0. The topological polar surface area (TPSA) is 48.9 Å². The zero-order chi connectivity index (χ0) is 8.48. The number of rotatable bonds is 1. The monoisotopic (exact) mass is 154 g/mol. The van der Waals surface area contributed by atoms with Crippen LogP contribution in [0.25, 0.3) is 0 Å². The lowest BCUT2D eigenvalue weighted by atomic mass is 9.90. The molecule has 0 bridgehead atoms. The van der Waals surface area contributed by atoms with E-state index < -0.39 is 0 Å². The predicted molar refractivity (Wildman–Crippen MR) is 43.2 cm³/mol. The lowest BCUT2D eigenvalue weighted by Gasteiger charge is -2.17. The van der Waals surface area contributed by atoms with Crippen LogP contribution in [0.3, 0.4) is 0 Å². The van der Waals surface area contributed by atoms with Gasteiger partial charge in [-0.1, -0.05) is 20.8 Å². The van der Waals surface area contributed by atoms with Gasteiger partial charge in [0.05, 0.1) is 12.8 Å². The van der Waals surface area contributed by atoms with Crippen LogP contribution < -0.4 is 0 Å². The third-order valence-electron chi connectivity index (χ3n) is 1.64. The van der Waals surface area contributed by atoms with Crippen LogP contribution in [0.4, 0.5) is 0 Å². The molecule has 3 nitrogen and oxygen atoms in total. The van der Waals surface area contributed by atoms with Gasteiger partial charge in [-0.3, -0.25) is 5.10 Å². The van der Waals surface area contributed by atoms with Gasteiger partial charge in [0.1, 0.15) is 0 Å². The van der Waals surface area contributed by atoms with E-state index in [1.54, 1.807) is 6.20 Å². The van der Waals surface area contributed by atoms with Gasteiger partial charge in [-0.05, 0) is 0 Å². The molecule has 3 heteroatoms. The summed E-state index contributed by atoms with van der Waals surface area (Å²) >= 11 is 0. The fraction of sp³-hybridized carbons (Fsp3) is 0.625. The molecule has 62 valence electrons. The third kappa shape index (κ3) is 1.60. The second kappa shape index (κ2) is 2.66. The summed E-state index contributed by atoms with van der Waals surface area (Å²) in [5, 5.41) is 15.7. The van der Waals surface area contributed by atoms with Crippen molar-refractivity contribution >= 4 is 0 Å². The molecule has 0 aromatic carbocycles. The van der Waals surface area contributed by atoms with E-state index in [1.165, 1.54) is 0 Å². The molecular formula is C8H14N2O. The summed E-state index contributed by atoms with van der Waals surface area (Å²) in [5.74, 6) is 0. The van der Waals surface area contributed by atoms with Crippen LogP contribution >= 0.6 is 0 Å². The quantitative estimate of drug-likeness (QED) is 0.638. The lowest BCUT2D eigenvalue weighted by molar-refractivity contribution is 0.278. The first-order chi connectivity index (χ1) is 5.05. The molecule has 2 N–H and O–H groups in total. The fourth-order valence-corrected chi connectivity index (χ4v) is 1.08. The Balaban J connectivity index is 3.02. The molecule has 1 aromatic rings. The van der Waals surface area contributed by atoms with E-state index in [2.05, 4.69) is 31.0 Å². The van der Waals surface area contributed by atoms with E-state index in [4.69, 9.17) is 5.11 Å². The highest BCUT2D eigenvalue weighted by atomic mass is 16.3. The van der Waals surface area contributed by atoms with E-state index in [-0.39, 0.29) is 12.0 Å². The van der Waals surface area contributed by atoms with Gasteiger partial charge in [-0.25, -0.2) is 0 Å². The molecule has 1 heterocycles. The molecule has 1 aromatic heterocycles. The summed E-state index contributed by atoms with van der Waals surface area (Å²) in [5.41, 5.74) is 1.94. The van der Waals surface area contributed by atoms with Crippen LogP contribution in [0.15, 0.2) is 6.20 Å². The van der Waals surface area contributed by atoms with Crippen LogP contribution in [-0.4, -0.2) is 15.3 Å². The highest BCUT2D eigenvalue weighted by molar-refractivity contribution is 5.22. The Labute approximate surface area is 66.4 Å². The number of nitrogens with zero attached hydrogens (tertiary/aromatic N) is 1. The number of H-pyrrole nitrogens is 1. The Morgan fingerprint density at radius 1 is 1.55 bits per heavy atom. The molecule has 0 aliphatic heterocycles. The summed E-state index contributed by atoms with van der Waals surface area (Å²) in [6.07, 6.45) is 1.67. The fourth-order valence-electron chi connectivity index (χ4n) is 1.08. The molecule has 0 amide bonds. The molecule has 11 heavy (non-hydrogen) atoms. The second-order valence-corrected chi connectivity index (χ2v) is 3.68. The van der Waals surface area contributed by atoms with Crippen molar-refractivity contribution in [1.29, 1.82) is 0 Å².